The predicted octanol–water partition coefficient (Wildman–Crippen LogP) is 2.15. The number of hydrogen-bond donors (Lipinski definition) is 2. The number of carboxylic acid groups (broad SMARTS) is 1. The molecule has 0 saturated heterocycles. The van der Waals surface area contributed by atoms with Crippen molar-refractivity contribution in [1.29, 1.82) is 0 Å². The Morgan fingerprint density at radius 3 is 2.17 bits per heavy atom. The molecule has 0 aliphatic heterocycles. The van der Waals surface area contributed by atoms with Gasteiger partial charge in [-0.1, -0.05) is 0 Å². The van der Waals surface area contributed by atoms with Gasteiger partial charge in [-0.2, -0.15) is 0 Å². The molecule has 1 fully saturated rings. The first kappa shape index (κ1) is 14.7. The standard InChI is InChI=1S/C11H17F2NO4/c1-9(2,3)18-8(17)14-10(7(15)16)4-5-11(12,13)6-10/h4-6H2,1-3H3,(H,14,17)(H,15,16). The monoisotopic (exact) mass is 265 g/mol. The summed E-state index contributed by atoms with van der Waals surface area (Å²) in [6, 6.07) is 0. The van der Waals surface area contributed by atoms with Crippen molar-refractivity contribution < 1.29 is 28.2 Å². The number of amides is 1. The second-order valence-electron chi connectivity index (χ2n) is 5.55. The molecule has 2 N–H and O–H groups in total. The molecular formula is C11H17F2NO4. The Hall–Kier alpha value is -1.40. The molecule has 1 aliphatic rings. The quantitative estimate of drug-likeness (QED) is 0.802. The lowest BCUT2D eigenvalue weighted by atomic mass is 9.98. The number of nitrogens with one attached hydrogen (secondary N) is 1. The van der Waals surface area contributed by atoms with Crippen LogP contribution in [0.25, 0.3) is 0 Å². The second-order valence-corrected chi connectivity index (χ2v) is 5.55. The van der Waals surface area contributed by atoms with E-state index in [1.807, 2.05) is 0 Å². The molecule has 0 spiro atoms. The number of halogens is 2. The van der Waals surface area contributed by atoms with Crippen LogP contribution in [0.2, 0.25) is 0 Å². The molecule has 1 atom stereocenters. The summed E-state index contributed by atoms with van der Waals surface area (Å²) < 4.78 is 31.1. The number of ether oxygens (including phenoxy) is 1. The average molecular weight is 265 g/mol. The van der Waals surface area contributed by atoms with Gasteiger partial charge in [0, 0.05) is 12.8 Å². The van der Waals surface area contributed by atoms with Crippen molar-refractivity contribution in [2.24, 2.45) is 0 Å². The number of alkyl halides is 2. The first-order valence-electron chi connectivity index (χ1n) is 5.58. The van der Waals surface area contributed by atoms with Gasteiger partial charge in [0.2, 0.25) is 0 Å². The van der Waals surface area contributed by atoms with Crippen LogP contribution in [0.4, 0.5) is 13.6 Å². The molecule has 1 aliphatic carbocycles. The smallest absolute Gasteiger partial charge is 0.408 e. The molecule has 0 aromatic rings. The maximum atomic E-state index is 13.1. The highest BCUT2D eigenvalue weighted by Gasteiger charge is 2.55. The van der Waals surface area contributed by atoms with Crippen LogP contribution in [0.3, 0.4) is 0 Å². The molecule has 18 heavy (non-hydrogen) atoms. The first-order valence-corrected chi connectivity index (χ1v) is 5.58. The molecule has 1 saturated carbocycles. The van der Waals surface area contributed by atoms with Gasteiger partial charge in [-0.3, -0.25) is 0 Å². The van der Waals surface area contributed by atoms with Gasteiger partial charge in [0.05, 0.1) is 0 Å². The van der Waals surface area contributed by atoms with E-state index in [2.05, 4.69) is 5.32 Å². The minimum absolute atomic E-state index is 0.311. The fourth-order valence-electron chi connectivity index (χ4n) is 1.86. The molecular weight excluding hydrogens is 248 g/mol. The van der Waals surface area contributed by atoms with Gasteiger partial charge in [0.25, 0.3) is 5.92 Å². The maximum Gasteiger partial charge on any atom is 0.408 e. The van der Waals surface area contributed by atoms with Crippen molar-refractivity contribution in [1.82, 2.24) is 5.32 Å². The Labute approximate surface area is 103 Å². The lowest BCUT2D eigenvalue weighted by Crippen LogP contribution is -2.54. The second kappa shape index (κ2) is 4.37. The summed E-state index contributed by atoms with van der Waals surface area (Å²) in [4.78, 5) is 22.6. The van der Waals surface area contributed by atoms with Crippen molar-refractivity contribution in [3.63, 3.8) is 0 Å². The topological polar surface area (TPSA) is 75.6 Å². The number of carbonyl (C=O) groups excluding carboxylic acids is 1. The summed E-state index contributed by atoms with van der Waals surface area (Å²) in [6.45, 7) is 4.80. The van der Waals surface area contributed by atoms with E-state index in [0.717, 1.165) is 0 Å². The van der Waals surface area contributed by atoms with Gasteiger partial charge in [-0.15, -0.1) is 0 Å². The molecule has 0 bridgehead atoms. The zero-order valence-corrected chi connectivity index (χ0v) is 10.5. The SMILES string of the molecule is CC(C)(C)OC(=O)NC1(C(=O)O)CCC(F)(F)C1. The van der Waals surface area contributed by atoms with Crippen molar-refractivity contribution >= 4 is 12.1 Å². The lowest BCUT2D eigenvalue weighted by molar-refractivity contribution is -0.146. The third-order valence-electron chi connectivity index (χ3n) is 2.63. The summed E-state index contributed by atoms with van der Waals surface area (Å²) in [5.41, 5.74) is -2.75. The molecule has 0 heterocycles. The number of alkyl carbamates (subject to hydrolysis) is 1. The van der Waals surface area contributed by atoms with Crippen molar-refractivity contribution in [3.8, 4) is 0 Å². The van der Waals surface area contributed by atoms with Crippen molar-refractivity contribution in [2.75, 3.05) is 0 Å². The third-order valence-corrected chi connectivity index (χ3v) is 2.63. The van der Waals surface area contributed by atoms with E-state index in [1.165, 1.54) is 0 Å². The summed E-state index contributed by atoms with van der Waals surface area (Å²) in [7, 11) is 0. The van der Waals surface area contributed by atoms with Crippen LogP contribution in [-0.4, -0.2) is 34.2 Å². The molecule has 0 aromatic heterocycles. The Balaban J connectivity index is 2.78. The van der Waals surface area contributed by atoms with E-state index >= 15 is 0 Å². The Morgan fingerprint density at radius 2 is 1.83 bits per heavy atom. The van der Waals surface area contributed by atoms with Gasteiger partial charge in [0.15, 0.2) is 0 Å². The number of carbonyl (C=O) groups is 2. The Bertz CT molecular complexity index is 365. The van der Waals surface area contributed by atoms with Crippen LogP contribution in [0.1, 0.15) is 40.0 Å². The third kappa shape index (κ3) is 3.54. The van der Waals surface area contributed by atoms with Crippen LogP contribution in [0, 0.1) is 0 Å². The minimum Gasteiger partial charge on any atom is -0.479 e. The van der Waals surface area contributed by atoms with Gasteiger partial charge >= 0.3 is 12.1 Å². The molecule has 1 amide bonds. The van der Waals surface area contributed by atoms with Gasteiger partial charge < -0.3 is 15.2 Å². The van der Waals surface area contributed by atoms with Crippen LogP contribution >= 0.6 is 0 Å². The Kier molecular flexibility index (Phi) is 3.56. The molecule has 0 aromatic carbocycles. The largest absolute Gasteiger partial charge is 0.479 e. The van der Waals surface area contributed by atoms with Gasteiger partial charge in [0.1, 0.15) is 11.1 Å². The summed E-state index contributed by atoms with van der Waals surface area (Å²) in [5.74, 6) is -4.54. The van der Waals surface area contributed by atoms with E-state index in [9.17, 15) is 18.4 Å². The molecule has 1 unspecified atom stereocenters. The van der Waals surface area contributed by atoms with E-state index < -0.39 is 42.0 Å². The summed E-state index contributed by atoms with van der Waals surface area (Å²) in [5, 5.41) is 11.1. The fraction of sp³-hybridized carbons (Fsp3) is 0.818. The molecule has 0 radical (unpaired) electrons. The minimum atomic E-state index is -3.08. The highest BCUT2D eigenvalue weighted by atomic mass is 19.3. The lowest BCUT2D eigenvalue weighted by Gasteiger charge is -2.28. The van der Waals surface area contributed by atoms with E-state index in [0.29, 0.717) is 0 Å². The fourth-order valence-corrected chi connectivity index (χ4v) is 1.86. The van der Waals surface area contributed by atoms with Gasteiger partial charge in [-0.05, 0) is 27.2 Å². The highest BCUT2D eigenvalue weighted by Crippen LogP contribution is 2.41. The molecule has 5 nitrogen and oxygen atoms in total. The predicted molar refractivity (Wildman–Crippen MR) is 58.5 cm³/mol. The number of carboxylic acids is 1. The number of rotatable bonds is 2. The summed E-state index contributed by atoms with van der Waals surface area (Å²) >= 11 is 0. The van der Waals surface area contributed by atoms with E-state index in [-0.39, 0.29) is 6.42 Å². The van der Waals surface area contributed by atoms with Crippen LogP contribution in [0.15, 0.2) is 0 Å². The first-order chi connectivity index (χ1) is 7.96. The van der Waals surface area contributed by atoms with Crippen molar-refractivity contribution in [2.45, 2.75) is 57.1 Å². The maximum absolute atomic E-state index is 13.1. The summed E-state index contributed by atoms with van der Waals surface area (Å²) in [6.07, 6.45) is -2.78. The molecule has 1 rings (SSSR count). The van der Waals surface area contributed by atoms with Crippen molar-refractivity contribution in [3.05, 3.63) is 0 Å². The highest BCUT2D eigenvalue weighted by molar-refractivity contribution is 5.85. The average Bonchev–Trinajstić information content (AvgIpc) is 2.39. The van der Waals surface area contributed by atoms with Gasteiger partial charge in [-0.25, -0.2) is 18.4 Å². The van der Waals surface area contributed by atoms with Crippen LogP contribution in [-0.2, 0) is 9.53 Å². The van der Waals surface area contributed by atoms with Crippen LogP contribution in [0.5, 0.6) is 0 Å². The Morgan fingerprint density at radius 1 is 1.28 bits per heavy atom. The molecule has 104 valence electrons. The number of aliphatic carboxylic acids is 1. The number of hydrogen-bond acceptors (Lipinski definition) is 3. The van der Waals surface area contributed by atoms with E-state index in [1.54, 1.807) is 20.8 Å². The van der Waals surface area contributed by atoms with Crippen LogP contribution < -0.4 is 5.32 Å². The zero-order chi connectivity index (χ0) is 14.2. The zero-order valence-electron chi connectivity index (χ0n) is 10.5. The van der Waals surface area contributed by atoms with E-state index in [4.69, 9.17) is 9.84 Å². The normalized spacial score (nSPS) is 26.7. The molecule has 7 heteroatoms.